The Labute approximate surface area is 138 Å². The van der Waals surface area contributed by atoms with Gasteiger partial charge in [0.05, 0.1) is 4.92 Å². The van der Waals surface area contributed by atoms with E-state index in [0.717, 1.165) is 0 Å². The second-order valence-corrected chi connectivity index (χ2v) is 4.91. The number of nitro benzene ring substituents is 1. The van der Waals surface area contributed by atoms with Crippen molar-refractivity contribution in [2.75, 3.05) is 0 Å². The molecule has 0 atom stereocenters. The number of ketones is 1. The molecule has 24 heavy (non-hydrogen) atoms. The first kappa shape index (κ1) is 16.9. The molecule has 2 aromatic rings. The minimum Gasteiger partial charge on any atom is -0.303 e. The third kappa shape index (κ3) is 4.26. The summed E-state index contributed by atoms with van der Waals surface area (Å²) >= 11 is 0. The van der Waals surface area contributed by atoms with Crippen LogP contribution in [0.4, 0.5) is 5.69 Å². The molecule has 0 fully saturated rings. The summed E-state index contributed by atoms with van der Waals surface area (Å²) in [6.07, 6.45) is 1.33. The van der Waals surface area contributed by atoms with Crippen LogP contribution in [0.25, 0.3) is 0 Å². The number of nitrogens with one attached hydrogen (secondary N) is 2. The average molecular weight is 325 g/mol. The van der Waals surface area contributed by atoms with Crippen LogP contribution in [0, 0.1) is 10.1 Å². The number of carbonyl (C=O) groups excluding carboxylic acids is 2. The number of carbonyl (C=O) groups is 2. The summed E-state index contributed by atoms with van der Waals surface area (Å²) in [5, 5.41) is 10.9. The molecule has 0 bridgehead atoms. The molecule has 0 saturated carbocycles. The van der Waals surface area contributed by atoms with Crippen molar-refractivity contribution < 1.29 is 14.5 Å². The van der Waals surface area contributed by atoms with Crippen LogP contribution in [0.3, 0.4) is 0 Å². The maximum atomic E-state index is 12.0. The molecule has 0 aromatic heterocycles. The predicted molar refractivity (Wildman–Crippen MR) is 88.2 cm³/mol. The maximum absolute atomic E-state index is 12.0. The van der Waals surface area contributed by atoms with E-state index in [1.165, 1.54) is 30.3 Å². The van der Waals surface area contributed by atoms with Crippen LogP contribution in [-0.4, -0.2) is 16.6 Å². The number of para-hydroxylation sites is 1. The lowest BCUT2D eigenvalue weighted by Crippen LogP contribution is -2.36. The molecule has 0 aliphatic rings. The molecule has 122 valence electrons. The number of nitrogens with zero attached hydrogens (tertiary/aromatic N) is 1. The van der Waals surface area contributed by atoms with Crippen molar-refractivity contribution >= 4 is 17.4 Å². The van der Waals surface area contributed by atoms with Gasteiger partial charge in [0, 0.05) is 23.4 Å². The van der Waals surface area contributed by atoms with E-state index in [0.29, 0.717) is 11.3 Å². The molecule has 7 nitrogen and oxygen atoms in total. The van der Waals surface area contributed by atoms with Gasteiger partial charge in [0.2, 0.25) is 0 Å². The van der Waals surface area contributed by atoms with Gasteiger partial charge in [0.15, 0.2) is 5.78 Å². The van der Waals surface area contributed by atoms with Crippen LogP contribution in [0.15, 0.2) is 66.4 Å². The fraction of sp³-hybridized carbons (Fsp3) is 0.0588. The van der Waals surface area contributed by atoms with Gasteiger partial charge in [-0.1, -0.05) is 42.5 Å². The van der Waals surface area contributed by atoms with E-state index in [1.54, 1.807) is 37.3 Å². The molecule has 2 N–H and O–H groups in total. The molecule has 0 unspecified atom stereocenters. The Balaban J connectivity index is 2.03. The second-order valence-electron chi connectivity index (χ2n) is 4.91. The van der Waals surface area contributed by atoms with Crippen LogP contribution in [-0.2, 0) is 0 Å². The number of hydrogen-bond acceptors (Lipinski definition) is 5. The van der Waals surface area contributed by atoms with Crippen LogP contribution in [0.1, 0.15) is 27.6 Å². The molecular formula is C17H15N3O4. The third-order valence-corrected chi connectivity index (χ3v) is 3.12. The molecule has 1 amide bonds. The second kappa shape index (κ2) is 7.68. The number of amides is 1. The van der Waals surface area contributed by atoms with Crippen molar-refractivity contribution in [3.05, 3.63) is 87.6 Å². The lowest BCUT2D eigenvalue weighted by Gasteiger charge is -2.09. The van der Waals surface area contributed by atoms with Crippen LogP contribution in [0.2, 0.25) is 0 Å². The molecule has 7 heteroatoms. The van der Waals surface area contributed by atoms with E-state index in [9.17, 15) is 19.7 Å². The van der Waals surface area contributed by atoms with Gasteiger partial charge in [-0.2, -0.15) is 0 Å². The zero-order chi connectivity index (χ0) is 17.5. The van der Waals surface area contributed by atoms with Crippen LogP contribution >= 0.6 is 0 Å². The standard InChI is InChI=1S/C17H15N3O4/c1-12(11-16(21)13-7-3-2-4-8-13)18-19-17(22)14-9-5-6-10-15(14)20(23)24/h2-11,18H,1H3,(H,19,22)/b12-11+. The van der Waals surface area contributed by atoms with Crippen molar-refractivity contribution in [3.8, 4) is 0 Å². The molecule has 0 aliphatic carbocycles. The van der Waals surface area contributed by atoms with E-state index in [2.05, 4.69) is 10.9 Å². The lowest BCUT2D eigenvalue weighted by atomic mass is 10.1. The molecule has 0 saturated heterocycles. The van der Waals surface area contributed by atoms with E-state index >= 15 is 0 Å². The molecule has 0 spiro atoms. The van der Waals surface area contributed by atoms with Gasteiger partial charge in [0.25, 0.3) is 11.6 Å². The molecule has 0 heterocycles. The summed E-state index contributed by atoms with van der Waals surface area (Å²) in [4.78, 5) is 34.3. The van der Waals surface area contributed by atoms with E-state index in [1.807, 2.05) is 0 Å². The number of rotatable bonds is 6. The van der Waals surface area contributed by atoms with Crippen LogP contribution in [0.5, 0.6) is 0 Å². The fourth-order valence-electron chi connectivity index (χ4n) is 1.97. The zero-order valence-corrected chi connectivity index (χ0v) is 12.9. The highest BCUT2D eigenvalue weighted by Gasteiger charge is 2.18. The molecule has 2 aromatic carbocycles. The molecule has 0 radical (unpaired) electrons. The molecular weight excluding hydrogens is 310 g/mol. The van der Waals surface area contributed by atoms with Crippen molar-refractivity contribution in [1.29, 1.82) is 0 Å². The van der Waals surface area contributed by atoms with Gasteiger partial charge < -0.3 is 5.43 Å². The summed E-state index contributed by atoms with van der Waals surface area (Å²) < 4.78 is 0. The van der Waals surface area contributed by atoms with Gasteiger partial charge in [-0.3, -0.25) is 25.1 Å². The van der Waals surface area contributed by atoms with Gasteiger partial charge in [-0.15, -0.1) is 0 Å². The number of hydrogen-bond donors (Lipinski definition) is 2. The SMILES string of the molecule is C/C(=C\C(=O)c1ccccc1)NNC(=O)c1ccccc1[N+](=O)[O-]. The first-order chi connectivity index (χ1) is 11.5. The van der Waals surface area contributed by atoms with Crippen molar-refractivity contribution in [2.45, 2.75) is 6.92 Å². The van der Waals surface area contributed by atoms with E-state index < -0.39 is 10.8 Å². The highest BCUT2D eigenvalue weighted by Crippen LogP contribution is 2.17. The topological polar surface area (TPSA) is 101 Å². The molecule has 2 rings (SSSR count). The summed E-state index contributed by atoms with van der Waals surface area (Å²) in [6, 6.07) is 14.3. The van der Waals surface area contributed by atoms with E-state index in [4.69, 9.17) is 0 Å². The Morgan fingerprint density at radius 3 is 2.29 bits per heavy atom. The van der Waals surface area contributed by atoms with Crippen LogP contribution < -0.4 is 10.9 Å². The number of nitro groups is 1. The number of benzene rings is 2. The Bertz CT molecular complexity index is 800. The van der Waals surface area contributed by atoms with Gasteiger partial charge in [-0.05, 0) is 13.0 Å². The first-order valence-electron chi connectivity index (χ1n) is 7.06. The highest BCUT2D eigenvalue weighted by atomic mass is 16.6. The number of hydrazine groups is 1. The Morgan fingerprint density at radius 2 is 1.62 bits per heavy atom. The van der Waals surface area contributed by atoms with Gasteiger partial charge in [0.1, 0.15) is 5.56 Å². The summed E-state index contributed by atoms with van der Waals surface area (Å²) in [5.74, 6) is -0.886. The zero-order valence-electron chi connectivity index (χ0n) is 12.9. The quantitative estimate of drug-likeness (QED) is 0.368. The fourth-order valence-corrected chi connectivity index (χ4v) is 1.97. The van der Waals surface area contributed by atoms with Gasteiger partial charge >= 0.3 is 0 Å². The Hall–Kier alpha value is -3.48. The lowest BCUT2D eigenvalue weighted by molar-refractivity contribution is -0.385. The molecule has 0 aliphatic heterocycles. The Morgan fingerprint density at radius 1 is 1.00 bits per heavy atom. The monoisotopic (exact) mass is 325 g/mol. The van der Waals surface area contributed by atoms with Crippen molar-refractivity contribution in [1.82, 2.24) is 10.9 Å². The highest BCUT2D eigenvalue weighted by molar-refractivity contribution is 6.04. The van der Waals surface area contributed by atoms with E-state index in [-0.39, 0.29) is 17.0 Å². The van der Waals surface area contributed by atoms with Crippen molar-refractivity contribution in [3.63, 3.8) is 0 Å². The first-order valence-corrected chi connectivity index (χ1v) is 7.06. The normalized spacial score (nSPS) is 10.8. The minimum absolute atomic E-state index is 0.0721. The Kier molecular flexibility index (Phi) is 5.40. The summed E-state index contributed by atoms with van der Waals surface area (Å²) in [5.41, 5.74) is 5.45. The van der Waals surface area contributed by atoms with Gasteiger partial charge in [-0.25, -0.2) is 0 Å². The predicted octanol–water partition coefficient (Wildman–Crippen LogP) is 2.62. The third-order valence-electron chi connectivity index (χ3n) is 3.12. The smallest absolute Gasteiger partial charge is 0.282 e. The maximum Gasteiger partial charge on any atom is 0.282 e. The largest absolute Gasteiger partial charge is 0.303 e. The summed E-state index contributed by atoms with van der Waals surface area (Å²) in [6.45, 7) is 1.60. The number of allylic oxidation sites excluding steroid dienone is 2. The average Bonchev–Trinajstić information content (AvgIpc) is 2.60. The summed E-state index contributed by atoms with van der Waals surface area (Å²) in [7, 11) is 0. The van der Waals surface area contributed by atoms with Crippen molar-refractivity contribution in [2.24, 2.45) is 0 Å². The minimum atomic E-state index is -0.665.